The minimum absolute atomic E-state index is 0.0571. The summed E-state index contributed by atoms with van der Waals surface area (Å²) in [6.07, 6.45) is 3.91. The highest BCUT2D eigenvalue weighted by molar-refractivity contribution is 7.14. The van der Waals surface area contributed by atoms with Gasteiger partial charge in [-0.05, 0) is 42.0 Å². The molecule has 0 fully saturated rings. The molecule has 4 rings (SSSR count). The van der Waals surface area contributed by atoms with Crippen molar-refractivity contribution >= 4 is 28.3 Å². The lowest BCUT2D eigenvalue weighted by molar-refractivity contribution is -0.119. The van der Waals surface area contributed by atoms with Crippen LogP contribution in [-0.2, 0) is 11.3 Å². The number of rotatable bonds is 6. The fourth-order valence-electron chi connectivity index (χ4n) is 2.94. The highest BCUT2D eigenvalue weighted by Gasteiger charge is 2.10. The first-order valence-corrected chi connectivity index (χ1v) is 10.3. The van der Waals surface area contributed by atoms with E-state index >= 15 is 0 Å². The van der Waals surface area contributed by atoms with Crippen LogP contribution in [0.15, 0.2) is 78.4 Å². The maximum absolute atomic E-state index is 12.5. The number of carbonyl (C=O) groups is 2. The Morgan fingerprint density at radius 2 is 1.70 bits per heavy atom. The molecule has 6 nitrogen and oxygen atoms in total. The van der Waals surface area contributed by atoms with Crippen molar-refractivity contribution in [2.75, 3.05) is 5.32 Å². The number of anilines is 1. The van der Waals surface area contributed by atoms with Crippen LogP contribution in [0.1, 0.15) is 22.8 Å². The molecule has 30 heavy (non-hydrogen) atoms. The van der Waals surface area contributed by atoms with Crippen LogP contribution < -0.4 is 10.6 Å². The van der Waals surface area contributed by atoms with E-state index in [2.05, 4.69) is 15.6 Å². The van der Waals surface area contributed by atoms with Crippen LogP contribution in [0.5, 0.6) is 0 Å². The fourth-order valence-corrected chi connectivity index (χ4v) is 3.66. The molecule has 0 atom stereocenters. The van der Waals surface area contributed by atoms with Gasteiger partial charge < -0.3 is 9.88 Å². The van der Waals surface area contributed by atoms with Crippen LogP contribution in [0, 0.1) is 0 Å². The van der Waals surface area contributed by atoms with Gasteiger partial charge in [-0.3, -0.25) is 14.9 Å². The quantitative estimate of drug-likeness (QED) is 0.486. The average Bonchev–Trinajstić information content (AvgIpc) is 3.45. The second-order valence-electron chi connectivity index (χ2n) is 6.74. The van der Waals surface area contributed by atoms with Crippen molar-refractivity contribution in [2.45, 2.75) is 13.5 Å². The van der Waals surface area contributed by atoms with Gasteiger partial charge in [0.1, 0.15) is 0 Å². The number of hydrogen-bond donors (Lipinski definition) is 2. The van der Waals surface area contributed by atoms with Gasteiger partial charge in [0.05, 0.1) is 5.69 Å². The monoisotopic (exact) mass is 416 g/mol. The first-order valence-electron chi connectivity index (χ1n) is 9.42. The van der Waals surface area contributed by atoms with Gasteiger partial charge in [-0.25, -0.2) is 4.98 Å². The van der Waals surface area contributed by atoms with Crippen molar-refractivity contribution < 1.29 is 9.59 Å². The summed E-state index contributed by atoms with van der Waals surface area (Å²) in [5, 5.41) is 8.09. The highest BCUT2D eigenvalue weighted by Crippen LogP contribution is 2.25. The summed E-state index contributed by atoms with van der Waals surface area (Å²) in [5.74, 6) is -0.251. The maximum atomic E-state index is 12.5. The van der Waals surface area contributed by atoms with Crippen molar-refractivity contribution in [1.29, 1.82) is 0 Å². The number of carbonyl (C=O) groups excluding carboxylic acids is 2. The molecule has 0 aliphatic rings. The summed E-state index contributed by atoms with van der Waals surface area (Å²) in [6, 6.07) is 19.1. The van der Waals surface area contributed by atoms with Crippen molar-refractivity contribution in [3.63, 3.8) is 0 Å². The predicted molar refractivity (Wildman–Crippen MR) is 119 cm³/mol. The third-order valence-corrected chi connectivity index (χ3v) is 5.31. The summed E-state index contributed by atoms with van der Waals surface area (Å²) >= 11 is 1.38. The molecule has 7 heteroatoms. The number of nitrogens with zero attached hydrogens (tertiary/aromatic N) is 2. The zero-order valence-corrected chi connectivity index (χ0v) is 17.1. The number of amides is 2. The highest BCUT2D eigenvalue weighted by atomic mass is 32.1. The van der Waals surface area contributed by atoms with Gasteiger partial charge >= 0.3 is 0 Å². The van der Waals surface area contributed by atoms with E-state index in [1.54, 1.807) is 12.1 Å². The van der Waals surface area contributed by atoms with Crippen molar-refractivity contribution in [1.82, 2.24) is 14.9 Å². The molecule has 2 amide bonds. The maximum Gasteiger partial charge on any atom is 0.257 e. The lowest BCUT2D eigenvalue weighted by Gasteiger charge is -2.05. The van der Waals surface area contributed by atoms with E-state index in [0.29, 0.717) is 17.2 Å². The van der Waals surface area contributed by atoms with Crippen LogP contribution in [0.2, 0.25) is 0 Å². The molecule has 2 N–H and O–H groups in total. The minimum atomic E-state index is -0.194. The van der Waals surface area contributed by atoms with Crippen LogP contribution in [-0.4, -0.2) is 21.4 Å². The molecule has 2 aromatic heterocycles. The zero-order valence-electron chi connectivity index (χ0n) is 16.3. The van der Waals surface area contributed by atoms with Gasteiger partial charge in [-0.1, -0.05) is 24.3 Å². The smallest absolute Gasteiger partial charge is 0.257 e. The van der Waals surface area contributed by atoms with Gasteiger partial charge in [0.15, 0.2) is 5.13 Å². The zero-order chi connectivity index (χ0) is 20.9. The SMILES string of the molecule is CC(=O)NCc1ccc(-c2csc(NC(=O)c3ccc(-n4cccc4)cc3)n2)cc1. The molecular weight excluding hydrogens is 396 g/mol. The summed E-state index contributed by atoms with van der Waals surface area (Å²) in [4.78, 5) is 28.1. The van der Waals surface area contributed by atoms with E-state index in [0.717, 1.165) is 22.5 Å². The molecule has 0 spiro atoms. The predicted octanol–water partition coefficient (Wildman–Crippen LogP) is 4.49. The normalized spacial score (nSPS) is 10.6. The molecule has 0 aliphatic carbocycles. The molecule has 2 aromatic carbocycles. The van der Waals surface area contributed by atoms with Gasteiger partial charge in [0.25, 0.3) is 5.91 Å². The van der Waals surface area contributed by atoms with Crippen LogP contribution in [0.3, 0.4) is 0 Å². The molecule has 2 heterocycles. The van der Waals surface area contributed by atoms with E-state index < -0.39 is 0 Å². The molecule has 0 aliphatic heterocycles. The van der Waals surface area contributed by atoms with E-state index in [-0.39, 0.29) is 11.8 Å². The Morgan fingerprint density at radius 3 is 2.37 bits per heavy atom. The molecule has 0 radical (unpaired) electrons. The van der Waals surface area contributed by atoms with Crippen LogP contribution >= 0.6 is 11.3 Å². The van der Waals surface area contributed by atoms with Crippen LogP contribution in [0.4, 0.5) is 5.13 Å². The topological polar surface area (TPSA) is 76.0 Å². The summed E-state index contributed by atoms with van der Waals surface area (Å²) in [6.45, 7) is 1.99. The molecule has 0 unspecified atom stereocenters. The second kappa shape index (κ2) is 8.75. The number of benzene rings is 2. The van der Waals surface area contributed by atoms with E-state index in [1.165, 1.54) is 18.3 Å². The average molecular weight is 417 g/mol. The molecule has 4 aromatic rings. The Kier molecular flexibility index (Phi) is 5.72. The molecule has 0 saturated heterocycles. The Balaban J connectivity index is 1.40. The number of aromatic nitrogens is 2. The van der Waals surface area contributed by atoms with E-state index in [1.807, 2.05) is 70.9 Å². The van der Waals surface area contributed by atoms with Crippen molar-refractivity contribution in [3.05, 3.63) is 89.6 Å². The van der Waals surface area contributed by atoms with Gasteiger partial charge in [0.2, 0.25) is 5.91 Å². The Labute approximate surface area is 178 Å². The number of thiazole rings is 1. The number of nitrogens with one attached hydrogen (secondary N) is 2. The fraction of sp³-hybridized carbons (Fsp3) is 0.0870. The van der Waals surface area contributed by atoms with Gasteiger partial charge in [-0.15, -0.1) is 11.3 Å². The summed E-state index contributed by atoms with van der Waals surface area (Å²) in [7, 11) is 0. The first kappa shape index (κ1) is 19.6. The van der Waals surface area contributed by atoms with Crippen molar-refractivity contribution in [2.24, 2.45) is 0 Å². The molecule has 150 valence electrons. The van der Waals surface area contributed by atoms with Gasteiger partial charge in [0, 0.05) is 48.1 Å². The number of hydrogen-bond acceptors (Lipinski definition) is 4. The lowest BCUT2D eigenvalue weighted by Crippen LogP contribution is -2.18. The summed E-state index contributed by atoms with van der Waals surface area (Å²) in [5.41, 5.74) is 4.33. The standard InChI is InChI=1S/C23H20N4O2S/c1-16(28)24-14-17-4-6-18(7-5-17)21-15-30-23(25-21)26-22(29)19-8-10-20(11-9-19)27-12-2-3-13-27/h2-13,15H,14H2,1H3,(H,24,28)(H,25,26,29). The Morgan fingerprint density at radius 1 is 1.00 bits per heavy atom. The second-order valence-corrected chi connectivity index (χ2v) is 7.59. The first-order chi connectivity index (χ1) is 14.6. The third-order valence-electron chi connectivity index (χ3n) is 4.55. The van der Waals surface area contributed by atoms with E-state index in [4.69, 9.17) is 0 Å². The summed E-state index contributed by atoms with van der Waals surface area (Å²) < 4.78 is 1.98. The van der Waals surface area contributed by atoms with E-state index in [9.17, 15) is 9.59 Å². The van der Waals surface area contributed by atoms with Gasteiger partial charge in [-0.2, -0.15) is 0 Å². The largest absolute Gasteiger partial charge is 0.352 e. The Bertz CT molecular complexity index is 1150. The van der Waals surface area contributed by atoms with Crippen molar-refractivity contribution in [3.8, 4) is 16.9 Å². The van der Waals surface area contributed by atoms with Crippen LogP contribution in [0.25, 0.3) is 16.9 Å². The molecular formula is C23H20N4O2S. The third kappa shape index (κ3) is 4.64. The minimum Gasteiger partial charge on any atom is -0.352 e. The Hall–Kier alpha value is -3.71. The lowest BCUT2D eigenvalue weighted by atomic mass is 10.1. The molecule has 0 bridgehead atoms. The molecule has 0 saturated carbocycles.